The Bertz CT molecular complexity index is 1120. The van der Waals surface area contributed by atoms with Crippen molar-refractivity contribution < 1.29 is 4.79 Å². The van der Waals surface area contributed by atoms with Gasteiger partial charge in [0.2, 0.25) is 0 Å². The highest BCUT2D eigenvalue weighted by Crippen LogP contribution is 2.25. The summed E-state index contributed by atoms with van der Waals surface area (Å²) in [7, 11) is 0. The highest BCUT2D eigenvalue weighted by Gasteiger charge is 2.14. The first-order valence-corrected chi connectivity index (χ1v) is 9.97. The van der Waals surface area contributed by atoms with Crippen LogP contribution in [0.4, 0.5) is 5.69 Å². The molecular weight excluding hydrogens is 360 g/mol. The van der Waals surface area contributed by atoms with E-state index in [1.54, 1.807) is 0 Å². The number of aromatic nitrogens is 3. The van der Waals surface area contributed by atoms with Gasteiger partial charge in [-0.3, -0.25) is 4.79 Å². The molecule has 1 N–H and O–H groups in total. The van der Waals surface area contributed by atoms with E-state index in [-0.39, 0.29) is 5.91 Å². The summed E-state index contributed by atoms with van der Waals surface area (Å²) >= 11 is 0. The highest BCUT2D eigenvalue weighted by atomic mass is 16.1. The van der Waals surface area contributed by atoms with Gasteiger partial charge in [-0.25, -0.2) is 4.98 Å². The average molecular weight is 382 g/mol. The van der Waals surface area contributed by atoms with Gasteiger partial charge in [0.1, 0.15) is 5.82 Å². The lowest BCUT2D eigenvalue weighted by Gasteiger charge is -2.11. The summed E-state index contributed by atoms with van der Waals surface area (Å²) in [5.41, 5.74) is 4.41. The first-order chi connectivity index (χ1) is 14.3. The largest absolute Gasteiger partial charge is 0.334 e. The van der Waals surface area contributed by atoms with Crippen LogP contribution in [0.5, 0.6) is 0 Å². The third-order valence-corrected chi connectivity index (χ3v) is 5.36. The summed E-state index contributed by atoms with van der Waals surface area (Å²) in [6.45, 7) is 1.04. The molecule has 5 nitrogen and oxygen atoms in total. The normalized spacial score (nSPS) is 13.1. The molecule has 1 aliphatic rings. The van der Waals surface area contributed by atoms with E-state index >= 15 is 0 Å². The molecule has 1 aliphatic heterocycles. The smallest absolute Gasteiger partial charge is 0.255 e. The van der Waals surface area contributed by atoms with E-state index in [2.05, 4.69) is 16.1 Å². The number of hydrogen-bond acceptors (Lipinski definition) is 2. The Hall–Kier alpha value is -3.60. The number of amides is 1. The van der Waals surface area contributed by atoms with Gasteiger partial charge < -0.3 is 14.5 Å². The molecule has 0 fully saturated rings. The van der Waals surface area contributed by atoms with Crippen LogP contribution in [-0.2, 0) is 13.0 Å². The number of anilines is 1. The van der Waals surface area contributed by atoms with Crippen molar-refractivity contribution >= 4 is 11.6 Å². The molecule has 0 saturated heterocycles. The van der Waals surface area contributed by atoms with Gasteiger partial charge in [0.15, 0.2) is 0 Å². The average Bonchev–Trinajstić information content (AvgIpc) is 3.44. The summed E-state index contributed by atoms with van der Waals surface area (Å²) < 4.78 is 4.26. The Kier molecular flexibility index (Phi) is 4.48. The SMILES string of the molecule is O=C(Nc1cccc(-c2cn3c(n2)CCCC3)c1)c1ccc(-n2cccc2)cc1. The number of imidazole rings is 1. The quantitative estimate of drug-likeness (QED) is 0.544. The van der Waals surface area contributed by atoms with Crippen LogP contribution in [0.1, 0.15) is 29.0 Å². The molecule has 0 saturated carbocycles. The van der Waals surface area contributed by atoms with Crippen LogP contribution in [0.15, 0.2) is 79.3 Å². The second kappa shape index (κ2) is 7.43. The topological polar surface area (TPSA) is 51.9 Å². The number of nitrogens with zero attached hydrogens (tertiary/aromatic N) is 3. The fraction of sp³-hybridized carbons (Fsp3) is 0.167. The third kappa shape index (κ3) is 3.59. The summed E-state index contributed by atoms with van der Waals surface area (Å²) in [6, 6.07) is 19.4. The van der Waals surface area contributed by atoms with Crippen molar-refractivity contribution in [3.8, 4) is 16.9 Å². The van der Waals surface area contributed by atoms with Crippen LogP contribution in [0.25, 0.3) is 16.9 Å². The molecule has 0 aliphatic carbocycles. The first kappa shape index (κ1) is 17.5. The van der Waals surface area contributed by atoms with Gasteiger partial charge in [-0.05, 0) is 61.4 Å². The lowest BCUT2D eigenvalue weighted by atomic mass is 10.1. The summed E-state index contributed by atoms with van der Waals surface area (Å²) in [5.74, 6) is 1.04. The minimum absolute atomic E-state index is 0.120. The Morgan fingerprint density at radius 3 is 2.59 bits per heavy atom. The minimum Gasteiger partial charge on any atom is -0.334 e. The van der Waals surface area contributed by atoms with Crippen LogP contribution >= 0.6 is 0 Å². The number of fused-ring (bicyclic) bond motifs is 1. The number of nitrogens with one attached hydrogen (secondary N) is 1. The van der Waals surface area contributed by atoms with Crippen molar-refractivity contribution in [1.29, 1.82) is 0 Å². The zero-order valence-corrected chi connectivity index (χ0v) is 16.1. The first-order valence-electron chi connectivity index (χ1n) is 9.97. The molecule has 0 spiro atoms. The molecule has 4 aromatic rings. The zero-order valence-electron chi connectivity index (χ0n) is 16.1. The molecule has 0 bridgehead atoms. The van der Waals surface area contributed by atoms with Gasteiger partial charge in [0.05, 0.1) is 5.69 Å². The second-order valence-electron chi connectivity index (χ2n) is 7.36. The van der Waals surface area contributed by atoms with E-state index in [4.69, 9.17) is 4.98 Å². The number of carbonyl (C=O) groups excluding carboxylic acids is 1. The number of benzene rings is 2. The monoisotopic (exact) mass is 382 g/mol. The predicted octanol–water partition coefficient (Wildman–Crippen LogP) is 4.93. The van der Waals surface area contributed by atoms with Crippen LogP contribution in [-0.4, -0.2) is 20.0 Å². The standard InChI is InChI=1S/C24H22N4O/c29-24(18-9-11-21(12-10-18)27-13-3-4-14-27)25-20-7-5-6-19(16-20)22-17-28-15-2-1-8-23(28)26-22/h3-7,9-14,16-17H,1-2,8,15H2,(H,25,29). The molecule has 144 valence electrons. The molecule has 0 radical (unpaired) electrons. The summed E-state index contributed by atoms with van der Waals surface area (Å²) in [5, 5.41) is 3.00. The fourth-order valence-electron chi connectivity index (χ4n) is 3.80. The highest BCUT2D eigenvalue weighted by molar-refractivity contribution is 6.04. The van der Waals surface area contributed by atoms with Crippen molar-refractivity contribution in [2.75, 3.05) is 5.32 Å². The van der Waals surface area contributed by atoms with Gasteiger partial charge >= 0.3 is 0 Å². The number of rotatable bonds is 4. The summed E-state index contributed by atoms with van der Waals surface area (Å²) in [4.78, 5) is 17.5. The van der Waals surface area contributed by atoms with E-state index in [9.17, 15) is 4.79 Å². The van der Waals surface area contributed by atoms with Crippen molar-refractivity contribution in [3.05, 3.63) is 90.6 Å². The van der Waals surface area contributed by atoms with Crippen LogP contribution < -0.4 is 5.32 Å². The molecule has 5 rings (SSSR count). The Labute approximate surface area is 169 Å². The van der Waals surface area contributed by atoms with Gasteiger partial charge in [-0.15, -0.1) is 0 Å². The van der Waals surface area contributed by atoms with E-state index < -0.39 is 0 Å². The van der Waals surface area contributed by atoms with Crippen LogP contribution in [0, 0.1) is 0 Å². The molecule has 5 heteroatoms. The Morgan fingerprint density at radius 2 is 1.79 bits per heavy atom. The van der Waals surface area contributed by atoms with Crippen LogP contribution in [0.3, 0.4) is 0 Å². The number of hydrogen-bond donors (Lipinski definition) is 1. The van der Waals surface area contributed by atoms with Crippen molar-refractivity contribution in [3.63, 3.8) is 0 Å². The van der Waals surface area contributed by atoms with Crippen LogP contribution in [0.2, 0.25) is 0 Å². The number of carbonyl (C=O) groups is 1. The Morgan fingerprint density at radius 1 is 0.966 bits per heavy atom. The van der Waals surface area contributed by atoms with Gasteiger partial charge in [-0.2, -0.15) is 0 Å². The maximum atomic E-state index is 12.7. The molecule has 3 heterocycles. The maximum absolute atomic E-state index is 12.7. The lowest BCUT2D eigenvalue weighted by molar-refractivity contribution is 0.102. The minimum atomic E-state index is -0.120. The Balaban J connectivity index is 1.33. The van der Waals surface area contributed by atoms with E-state index in [1.165, 1.54) is 12.8 Å². The summed E-state index contributed by atoms with van der Waals surface area (Å²) in [6.07, 6.45) is 9.53. The van der Waals surface area contributed by atoms with Gasteiger partial charge in [0, 0.05) is 54.1 Å². The molecule has 2 aromatic heterocycles. The molecule has 1 amide bonds. The van der Waals surface area contributed by atoms with Crippen molar-refractivity contribution in [2.45, 2.75) is 25.8 Å². The van der Waals surface area contributed by atoms with Crippen molar-refractivity contribution in [1.82, 2.24) is 14.1 Å². The molecule has 0 atom stereocenters. The molecule has 29 heavy (non-hydrogen) atoms. The second-order valence-corrected chi connectivity index (χ2v) is 7.36. The van der Waals surface area contributed by atoms with Gasteiger partial charge in [0.25, 0.3) is 5.91 Å². The zero-order chi connectivity index (χ0) is 19.6. The lowest BCUT2D eigenvalue weighted by Crippen LogP contribution is -2.11. The maximum Gasteiger partial charge on any atom is 0.255 e. The fourth-order valence-corrected chi connectivity index (χ4v) is 3.80. The predicted molar refractivity (Wildman–Crippen MR) is 114 cm³/mol. The van der Waals surface area contributed by atoms with Gasteiger partial charge in [-0.1, -0.05) is 12.1 Å². The molecule has 2 aromatic carbocycles. The van der Waals surface area contributed by atoms with E-state index in [0.717, 1.165) is 41.4 Å². The molecule has 0 unspecified atom stereocenters. The third-order valence-electron chi connectivity index (χ3n) is 5.36. The van der Waals surface area contributed by atoms with E-state index in [0.29, 0.717) is 5.56 Å². The van der Waals surface area contributed by atoms with Crippen molar-refractivity contribution in [2.24, 2.45) is 0 Å². The number of aryl methyl sites for hydroxylation is 2. The molecular formula is C24H22N4O. The van der Waals surface area contributed by atoms with E-state index in [1.807, 2.05) is 77.6 Å².